The van der Waals surface area contributed by atoms with Crippen LogP contribution in [0.3, 0.4) is 0 Å². The van der Waals surface area contributed by atoms with Crippen molar-refractivity contribution in [2.45, 2.75) is 6.92 Å². The monoisotopic (exact) mass is 231 g/mol. The molecule has 1 rings (SSSR count). The van der Waals surface area contributed by atoms with E-state index in [1.54, 1.807) is 19.2 Å². The van der Waals surface area contributed by atoms with Crippen molar-refractivity contribution in [1.29, 1.82) is 0 Å². The van der Waals surface area contributed by atoms with Crippen LogP contribution in [0.5, 0.6) is 0 Å². The van der Waals surface area contributed by atoms with E-state index < -0.39 is 0 Å². The summed E-state index contributed by atoms with van der Waals surface area (Å²) in [6.07, 6.45) is 1.88. The SMILES string of the molecule is CON/C(C)=C/c1ccc(Cl)cc1Cl. The average Bonchev–Trinajstić information content (AvgIpc) is 2.10. The van der Waals surface area contributed by atoms with E-state index in [1.165, 1.54) is 0 Å². The largest absolute Gasteiger partial charge is 0.280 e. The quantitative estimate of drug-likeness (QED) is 0.805. The Morgan fingerprint density at radius 2 is 2.14 bits per heavy atom. The second kappa shape index (κ2) is 5.25. The van der Waals surface area contributed by atoms with E-state index in [1.807, 2.05) is 19.1 Å². The van der Waals surface area contributed by atoms with Gasteiger partial charge in [0, 0.05) is 15.7 Å². The van der Waals surface area contributed by atoms with Gasteiger partial charge in [0.1, 0.15) is 0 Å². The van der Waals surface area contributed by atoms with E-state index in [0.29, 0.717) is 10.0 Å². The summed E-state index contributed by atoms with van der Waals surface area (Å²) in [4.78, 5) is 4.75. The van der Waals surface area contributed by atoms with Gasteiger partial charge in [-0.15, -0.1) is 0 Å². The summed E-state index contributed by atoms with van der Waals surface area (Å²) in [5.41, 5.74) is 4.48. The Bertz CT molecular complexity index is 350. The minimum atomic E-state index is 0.620. The number of hydrogen-bond acceptors (Lipinski definition) is 2. The lowest BCUT2D eigenvalue weighted by Gasteiger charge is -2.04. The predicted molar refractivity (Wildman–Crippen MR) is 60.3 cm³/mol. The molecule has 0 fully saturated rings. The molecule has 0 heterocycles. The first-order chi connectivity index (χ1) is 6.63. The fraction of sp³-hybridized carbons (Fsp3) is 0.200. The molecule has 4 heteroatoms. The molecule has 0 aliphatic carbocycles. The van der Waals surface area contributed by atoms with Crippen LogP contribution in [0, 0.1) is 0 Å². The van der Waals surface area contributed by atoms with Crippen LogP contribution in [0.25, 0.3) is 6.08 Å². The van der Waals surface area contributed by atoms with Crippen molar-refractivity contribution in [3.8, 4) is 0 Å². The second-order valence-electron chi connectivity index (χ2n) is 2.80. The van der Waals surface area contributed by atoms with Gasteiger partial charge in [-0.25, -0.2) is 0 Å². The van der Waals surface area contributed by atoms with Gasteiger partial charge in [0.25, 0.3) is 0 Å². The van der Waals surface area contributed by atoms with Crippen LogP contribution in [0.2, 0.25) is 10.0 Å². The smallest absolute Gasteiger partial charge is 0.0636 e. The minimum Gasteiger partial charge on any atom is -0.280 e. The van der Waals surface area contributed by atoms with Gasteiger partial charge in [-0.1, -0.05) is 29.3 Å². The molecule has 0 spiro atoms. The molecule has 0 aliphatic rings. The first kappa shape index (κ1) is 11.4. The first-order valence-electron chi connectivity index (χ1n) is 4.06. The molecule has 0 aromatic heterocycles. The van der Waals surface area contributed by atoms with E-state index in [0.717, 1.165) is 11.3 Å². The number of rotatable bonds is 3. The molecule has 0 saturated heterocycles. The number of hydroxylamine groups is 1. The molecule has 0 aliphatic heterocycles. The highest BCUT2D eigenvalue weighted by molar-refractivity contribution is 6.35. The summed E-state index contributed by atoms with van der Waals surface area (Å²) in [5.74, 6) is 0. The molecule has 1 aromatic carbocycles. The molecule has 1 aromatic rings. The van der Waals surface area contributed by atoms with Gasteiger partial charge in [-0.3, -0.25) is 10.3 Å². The Hall–Kier alpha value is -0.700. The lowest BCUT2D eigenvalue weighted by molar-refractivity contribution is 0.119. The minimum absolute atomic E-state index is 0.620. The van der Waals surface area contributed by atoms with Crippen molar-refractivity contribution in [2.75, 3.05) is 7.11 Å². The van der Waals surface area contributed by atoms with Gasteiger partial charge in [-0.05, 0) is 30.7 Å². The molecule has 0 atom stereocenters. The molecule has 0 amide bonds. The standard InChI is InChI=1S/C10H11Cl2NO/c1-7(13-14-2)5-8-3-4-9(11)6-10(8)12/h3-6,13H,1-2H3/b7-5+. The summed E-state index contributed by atoms with van der Waals surface area (Å²) in [5, 5.41) is 1.25. The Morgan fingerprint density at radius 3 is 2.71 bits per heavy atom. The number of benzene rings is 1. The van der Waals surface area contributed by atoms with E-state index in [2.05, 4.69) is 5.48 Å². The van der Waals surface area contributed by atoms with Crippen LogP contribution in [0.15, 0.2) is 23.9 Å². The van der Waals surface area contributed by atoms with Gasteiger partial charge in [0.2, 0.25) is 0 Å². The molecular weight excluding hydrogens is 221 g/mol. The molecule has 0 radical (unpaired) electrons. The highest BCUT2D eigenvalue weighted by Gasteiger charge is 1.98. The number of halogens is 2. The Kier molecular flexibility index (Phi) is 4.26. The lowest BCUT2D eigenvalue weighted by Crippen LogP contribution is -2.07. The van der Waals surface area contributed by atoms with Crippen LogP contribution >= 0.6 is 23.2 Å². The van der Waals surface area contributed by atoms with Gasteiger partial charge in [0.15, 0.2) is 0 Å². The molecule has 0 saturated carbocycles. The van der Waals surface area contributed by atoms with Crippen LogP contribution in [0.1, 0.15) is 12.5 Å². The molecule has 0 unspecified atom stereocenters. The van der Waals surface area contributed by atoms with E-state index in [-0.39, 0.29) is 0 Å². The van der Waals surface area contributed by atoms with Crippen LogP contribution in [-0.4, -0.2) is 7.11 Å². The average molecular weight is 232 g/mol. The molecule has 14 heavy (non-hydrogen) atoms. The molecule has 1 N–H and O–H groups in total. The van der Waals surface area contributed by atoms with Crippen molar-refractivity contribution in [3.63, 3.8) is 0 Å². The van der Waals surface area contributed by atoms with Gasteiger partial charge < -0.3 is 0 Å². The normalized spacial score (nSPS) is 11.6. The van der Waals surface area contributed by atoms with Gasteiger partial charge in [-0.2, -0.15) is 0 Å². The third-order valence-corrected chi connectivity index (χ3v) is 2.16. The Morgan fingerprint density at radius 1 is 1.43 bits per heavy atom. The van der Waals surface area contributed by atoms with E-state index in [4.69, 9.17) is 28.0 Å². The zero-order valence-corrected chi connectivity index (χ0v) is 9.49. The molecule has 0 bridgehead atoms. The maximum Gasteiger partial charge on any atom is 0.0636 e. The third-order valence-electron chi connectivity index (χ3n) is 1.60. The van der Waals surface area contributed by atoms with E-state index >= 15 is 0 Å². The summed E-state index contributed by atoms with van der Waals surface area (Å²) < 4.78 is 0. The molecule has 76 valence electrons. The number of hydrogen-bond donors (Lipinski definition) is 1. The fourth-order valence-corrected chi connectivity index (χ4v) is 1.51. The molecule has 2 nitrogen and oxygen atoms in total. The maximum absolute atomic E-state index is 5.98. The van der Waals surface area contributed by atoms with Crippen molar-refractivity contribution in [2.24, 2.45) is 0 Å². The lowest BCUT2D eigenvalue weighted by atomic mass is 10.2. The summed E-state index contributed by atoms with van der Waals surface area (Å²) >= 11 is 11.7. The van der Waals surface area contributed by atoms with Crippen LogP contribution < -0.4 is 5.48 Å². The molecular formula is C10H11Cl2NO. The first-order valence-corrected chi connectivity index (χ1v) is 4.81. The zero-order chi connectivity index (χ0) is 10.6. The Labute approximate surface area is 93.4 Å². The van der Waals surface area contributed by atoms with E-state index in [9.17, 15) is 0 Å². The summed E-state index contributed by atoms with van der Waals surface area (Å²) in [6, 6.07) is 5.35. The topological polar surface area (TPSA) is 21.3 Å². The van der Waals surface area contributed by atoms with Crippen molar-refractivity contribution in [3.05, 3.63) is 39.5 Å². The third kappa shape index (κ3) is 3.22. The summed E-state index contributed by atoms with van der Waals surface area (Å²) in [7, 11) is 1.56. The highest BCUT2D eigenvalue weighted by atomic mass is 35.5. The van der Waals surface area contributed by atoms with Crippen molar-refractivity contribution < 1.29 is 4.84 Å². The number of nitrogens with one attached hydrogen (secondary N) is 1. The number of allylic oxidation sites excluding steroid dienone is 1. The predicted octanol–water partition coefficient (Wildman–Crippen LogP) is 3.51. The van der Waals surface area contributed by atoms with Gasteiger partial charge >= 0.3 is 0 Å². The maximum atomic E-state index is 5.98. The van der Waals surface area contributed by atoms with Crippen molar-refractivity contribution >= 4 is 29.3 Å². The summed E-state index contributed by atoms with van der Waals surface area (Å²) in [6.45, 7) is 1.88. The van der Waals surface area contributed by atoms with Crippen molar-refractivity contribution in [1.82, 2.24) is 5.48 Å². The second-order valence-corrected chi connectivity index (χ2v) is 3.64. The van der Waals surface area contributed by atoms with Crippen LogP contribution in [0.4, 0.5) is 0 Å². The highest BCUT2D eigenvalue weighted by Crippen LogP contribution is 2.22. The Balaban J connectivity index is 2.91. The van der Waals surface area contributed by atoms with Crippen LogP contribution in [-0.2, 0) is 4.84 Å². The zero-order valence-electron chi connectivity index (χ0n) is 7.97. The fourth-order valence-electron chi connectivity index (χ4n) is 1.04. The van der Waals surface area contributed by atoms with Gasteiger partial charge in [0.05, 0.1) is 7.11 Å².